The van der Waals surface area contributed by atoms with Crippen LogP contribution in [0.1, 0.15) is 59.3 Å². The van der Waals surface area contributed by atoms with Crippen molar-refractivity contribution in [3.63, 3.8) is 0 Å². The van der Waals surface area contributed by atoms with Crippen molar-refractivity contribution in [1.82, 2.24) is 0 Å². The molecule has 0 saturated carbocycles. The Balaban J connectivity index is 3.23. The molecule has 0 atom stereocenters. The predicted octanol–water partition coefficient (Wildman–Crippen LogP) is 8.04. The van der Waals surface area contributed by atoms with Gasteiger partial charge in [0.1, 0.15) is 0 Å². The first-order valence-electron chi connectivity index (χ1n) is 10.2. The van der Waals surface area contributed by atoms with Gasteiger partial charge in [-0.05, 0) is 0 Å². The van der Waals surface area contributed by atoms with Crippen LogP contribution in [0.2, 0.25) is 42.4 Å². The standard InChI is InChI=1S/C9H15Si.3C4H9.Sn/c1-10(2,3)8-9-6-4-5-7-9;3*1-3-4-2;/h4-7H,8H2,1-3H3;3*1,3-4H2,2H3;. The Morgan fingerprint density at radius 3 is 1.43 bits per heavy atom. The van der Waals surface area contributed by atoms with Crippen LogP contribution in [0.15, 0.2) is 24.3 Å². The second-order valence-electron chi connectivity index (χ2n) is 9.09. The monoisotopic (exact) mass is 442 g/mol. The Morgan fingerprint density at radius 1 is 0.739 bits per heavy atom. The van der Waals surface area contributed by atoms with Gasteiger partial charge in [0.25, 0.3) is 0 Å². The molecule has 0 saturated heterocycles. The summed E-state index contributed by atoms with van der Waals surface area (Å²) >= 11 is -2.26. The average Bonchev–Trinajstić information content (AvgIpc) is 2.94. The van der Waals surface area contributed by atoms with Crippen molar-refractivity contribution < 1.29 is 0 Å². The Bertz CT molecular complexity index is 355. The van der Waals surface area contributed by atoms with E-state index in [9.17, 15) is 0 Å². The summed E-state index contributed by atoms with van der Waals surface area (Å²) in [7, 11) is -1.07. The van der Waals surface area contributed by atoms with Crippen molar-refractivity contribution in [2.75, 3.05) is 0 Å². The van der Waals surface area contributed by atoms with Crippen molar-refractivity contribution in [2.45, 2.75) is 102 Å². The average molecular weight is 441 g/mol. The number of unbranched alkanes of at least 4 members (excludes halogenated alkanes) is 3. The van der Waals surface area contributed by atoms with Gasteiger partial charge in [-0.1, -0.05) is 0 Å². The van der Waals surface area contributed by atoms with Crippen LogP contribution >= 0.6 is 0 Å². The zero-order valence-corrected chi connectivity index (χ0v) is 20.7. The molecular formula is C21H42SiSn. The molecular weight excluding hydrogens is 399 g/mol. The molecule has 0 aromatic heterocycles. The van der Waals surface area contributed by atoms with Gasteiger partial charge in [-0.15, -0.1) is 0 Å². The molecule has 1 aliphatic carbocycles. The Morgan fingerprint density at radius 2 is 1.13 bits per heavy atom. The molecule has 0 aliphatic heterocycles. The van der Waals surface area contributed by atoms with E-state index in [2.05, 4.69) is 64.7 Å². The van der Waals surface area contributed by atoms with Crippen LogP contribution in [0.5, 0.6) is 0 Å². The minimum absolute atomic E-state index is 0.554. The van der Waals surface area contributed by atoms with Crippen LogP contribution in [0.25, 0.3) is 0 Å². The quantitative estimate of drug-likeness (QED) is 0.269. The molecule has 0 heterocycles. The molecule has 0 spiro atoms. The van der Waals surface area contributed by atoms with Gasteiger partial charge in [-0.2, -0.15) is 0 Å². The number of rotatable bonds is 12. The Kier molecular flexibility index (Phi) is 9.22. The van der Waals surface area contributed by atoms with Gasteiger partial charge in [0.2, 0.25) is 0 Å². The molecule has 2 heteroatoms. The number of hydrogen-bond donors (Lipinski definition) is 0. The summed E-state index contributed by atoms with van der Waals surface area (Å²) in [6.45, 7) is 14.9. The normalized spacial score (nSPS) is 17.1. The molecule has 0 aromatic carbocycles. The van der Waals surface area contributed by atoms with E-state index in [0.29, 0.717) is 3.43 Å². The van der Waals surface area contributed by atoms with E-state index < -0.39 is 26.5 Å². The third kappa shape index (κ3) is 6.06. The maximum absolute atomic E-state index is 2.70. The molecule has 0 N–H and O–H groups in total. The molecule has 0 unspecified atom stereocenters. The second kappa shape index (κ2) is 9.84. The topological polar surface area (TPSA) is 0 Å². The van der Waals surface area contributed by atoms with E-state index in [1.165, 1.54) is 44.6 Å². The molecule has 134 valence electrons. The summed E-state index contributed by atoms with van der Waals surface area (Å²) in [5, 5.41) is 0. The molecule has 1 rings (SSSR count). The van der Waals surface area contributed by atoms with Gasteiger partial charge >= 0.3 is 152 Å². The van der Waals surface area contributed by atoms with E-state index in [1.807, 2.05) is 0 Å². The van der Waals surface area contributed by atoms with E-state index in [-0.39, 0.29) is 0 Å². The van der Waals surface area contributed by atoms with Crippen LogP contribution in [-0.2, 0) is 0 Å². The van der Waals surface area contributed by atoms with Crippen LogP contribution in [0, 0.1) is 0 Å². The van der Waals surface area contributed by atoms with E-state index in [1.54, 1.807) is 13.3 Å². The molecule has 0 bridgehead atoms. The van der Waals surface area contributed by atoms with Gasteiger partial charge in [-0.3, -0.25) is 0 Å². The molecule has 0 nitrogen and oxygen atoms in total. The van der Waals surface area contributed by atoms with E-state index in [0.717, 1.165) is 0 Å². The van der Waals surface area contributed by atoms with Crippen molar-refractivity contribution in [3.8, 4) is 0 Å². The fourth-order valence-electron chi connectivity index (χ4n) is 4.67. The molecule has 0 fully saturated rings. The van der Waals surface area contributed by atoms with Gasteiger partial charge in [0.15, 0.2) is 0 Å². The Labute approximate surface area is 152 Å². The van der Waals surface area contributed by atoms with Crippen molar-refractivity contribution >= 4 is 26.5 Å². The summed E-state index contributed by atoms with van der Waals surface area (Å²) in [6, 6.07) is 1.51. The van der Waals surface area contributed by atoms with Crippen LogP contribution < -0.4 is 0 Å². The summed E-state index contributed by atoms with van der Waals surface area (Å²) in [4.78, 5) is 0. The van der Waals surface area contributed by atoms with Gasteiger partial charge in [0, 0.05) is 0 Å². The first-order chi connectivity index (χ1) is 10.8. The number of hydrogen-bond acceptors (Lipinski definition) is 0. The van der Waals surface area contributed by atoms with Crippen molar-refractivity contribution in [1.29, 1.82) is 0 Å². The third-order valence-electron chi connectivity index (χ3n) is 5.74. The molecule has 23 heavy (non-hydrogen) atoms. The van der Waals surface area contributed by atoms with Crippen molar-refractivity contribution in [3.05, 3.63) is 24.3 Å². The maximum atomic E-state index is 2.70. The molecule has 1 aliphatic rings. The van der Waals surface area contributed by atoms with Crippen LogP contribution in [0.4, 0.5) is 0 Å². The molecule has 0 amide bonds. The van der Waals surface area contributed by atoms with Gasteiger partial charge in [0.05, 0.1) is 0 Å². The van der Waals surface area contributed by atoms with Crippen molar-refractivity contribution in [2.24, 2.45) is 0 Å². The van der Waals surface area contributed by atoms with E-state index in [4.69, 9.17) is 0 Å². The Hall–Kier alpha value is 0.496. The molecule has 0 aromatic rings. The SMILES string of the molecule is CCC[CH2][Sn]([CH2]CCC)([CH2]CCC)[C]1(C[Si](C)(C)C)C=CC=C1. The van der Waals surface area contributed by atoms with Gasteiger partial charge < -0.3 is 0 Å². The first-order valence-corrected chi connectivity index (χ1v) is 21.4. The van der Waals surface area contributed by atoms with Crippen LogP contribution in [0.3, 0.4) is 0 Å². The fourth-order valence-corrected chi connectivity index (χ4v) is 32.3. The summed E-state index contributed by atoms with van der Waals surface area (Å²) < 4.78 is 5.44. The van der Waals surface area contributed by atoms with Gasteiger partial charge in [-0.25, -0.2) is 0 Å². The predicted molar refractivity (Wildman–Crippen MR) is 114 cm³/mol. The third-order valence-corrected chi connectivity index (χ3v) is 26.7. The molecule has 0 radical (unpaired) electrons. The van der Waals surface area contributed by atoms with Crippen LogP contribution in [-0.4, -0.2) is 26.5 Å². The minimum atomic E-state index is -2.26. The fraction of sp³-hybridized carbons (Fsp3) is 0.810. The zero-order valence-electron chi connectivity index (χ0n) is 16.9. The summed E-state index contributed by atoms with van der Waals surface area (Å²) in [5.41, 5.74) is 0. The number of allylic oxidation sites excluding steroid dienone is 4. The zero-order chi connectivity index (χ0) is 17.4. The second-order valence-corrected chi connectivity index (χ2v) is 28.8. The summed E-state index contributed by atoms with van der Waals surface area (Å²) in [5.74, 6) is 0. The summed E-state index contributed by atoms with van der Waals surface area (Å²) in [6.07, 6.45) is 18.8. The van der Waals surface area contributed by atoms with E-state index >= 15 is 0 Å². The first kappa shape index (κ1) is 21.5.